The molecule has 0 heterocycles. The van der Waals surface area contributed by atoms with E-state index in [1.54, 1.807) is 13.3 Å². The number of ether oxygens (including phenoxy) is 3. The van der Waals surface area contributed by atoms with Gasteiger partial charge in [-0.05, 0) is 80.8 Å². The lowest BCUT2D eigenvalue weighted by Gasteiger charge is -2.30. The van der Waals surface area contributed by atoms with Crippen LogP contribution in [0, 0.1) is 13.8 Å². The van der Waals surface area contributed by atoms with Crippen LogP contribution in [0.25, 0.3) is 0 Å². The van der Waals surface area contributed by atoms with E-state index in [1.807, 2.05) is 31.2 Å². The Balaban J connectivity index is 1.45. The van der Waals surface area contributed by atoms with Gasteiger partial charge in [-0.25, -0.2) is 0 Å². The minimum Gasteiger partial charge on any atom is -0.490 e. The van der Waals surface area contributed by atoms with Crippen LogP contribution >= 0.6 is 0 Å². The first-order valence-electron chi connectivity index (χ1n) is 11.4. The van der Waals surface area contributed by atoms with Crippen LogP contribution in [-0.4, -0.2) is 32.1 Å². The van der Waals surface area contributed by atoms with E-state index in [4.69, 9.17) is 19.0 Å². The zero-order chi connectivity index (χ0) is 22.8. The Morgan fingerprint density at radius 2 is 1.62 bits per heavy atom. The molecule has 32 heavy (non-hydrogen) atoms. The van der Waals surface area contributed by atoms with Gasteiger partial charge in [-0.1, -0.05) is 41.6 Å². The van der Waals surface area contributed by atoms with Crippen LogP contribution in [0.5, 0.6) is 11.5 Å². The van der Waals surface area contributed by atoms with Crippen LogP contribution in [0.1, 0.15) is 54.9 Å². The van der Waals surface area contributed by atoms with Crippen LogP contribution < -0.4 is 9.47 Å². The van der Waals surface area contributed by atoms with Crippen molar-refractivity contribution in [1.82, 2.24) is 0 Å². The van der Waals surface area contributed by atoms with Crippen molar-refractivity contribution < 1.29 is 19.0 Å². The Hall–Kier alpha value is -2.79. The van der Waals surface area contributed by atoms with E-state index in [0.29, 0.717) is 13.2 Å². The summed E-state index contributed by atoms with van der Waals surface area (Å²) in [5.74, 6) is 1.88. The van der Waals surface area contributed by atoms with E-state index in [2.05, 4.69) is 43.3 Å². The number of benzene rings is 2. The fraction of sp³-hybridized carbons (Fsp3) is 0.444. The Labute approximate surface area is 192 Å². The first-order valence-corrected chi connectivity index (χ1v) is 11.4. The molecule has 0 bridgehead atoms. The molecule has 0 N–H and O–H groups in total. The average Bonchev–Trinajstić information content (AvgIpc) is 2.80. The van der Waals surface area contributed by atoms with Gasteiger partial charge < -0.3 is 19.0 Å². The lowest BCUT2D eigenvalue weighted by atomic mass is 9.94. The molecule has 2 aromatic rings. The Morgan fingerprint density at radius 3 is 2.25 bits per heavy atom. The van der Waals surface area contributed by atoms with Crippen molar-refractivity contribution in [3.8, 4) is 11.5 Å². The summed E-state index contributed by atoms with van der Waals surface area (Å²) in [6.45, 7) is 7.39. The fourth-order valence-corrected chi connectivity index (χ4v) is 3.93. The fourth-order valence-electron chi connectivity index (χ4n) is 3.93. The summed E-state index contributed by atoms with van der Waals surface area (Å²) in [4.78, 5) is 4.71. The molecule has 0 radical (unpaired) electrons. The van der Waals surface area contributed by atoms with Crippen molar-refractivity contribution in [3.05, 3.63) is 70.8 Å². The van der Waals surface area contributed by atoms with Gasteiger partial charge in [-0.2, -0.15) is 0 Å². The predicted octanol–water partition coefficient (Wildman–Crippen LogP) is 6.15. The molecule has 5 heteroatoms. The molecule has 3 rings (SSSR count). The van der Waals surface area contributed by atoms with Gasteiger partial charge in [-0.15, -0.1) is 0 Å². The van der Waals surface area contributed by atoms with Crippen molar-refractivity contribution in [2.75, 3.05) is 13.7 Å². The third-order valence-electron chi connectivity index (χ3n) is 5.69. The first-order chi connectivity index (χ1) is 15.6. The number of oxime groups is 1. The minimum absolute atomic E-state index is 0.237. The standard InChI is InChI=1S/C27H35NO4/c1-5-6-15-30-26-16-20(2)27(21(3)17-26)32-25-13-11-24(12-14-25)31-19-23-9-7-22(8-10-23)18-28-29-4/h5-10,16-18,24-25H,11-15,19H2,1-4H3/b6-5+,28-18?. The lowest BCUT2D eigenvalue weighted by molar-refractivity contribution is -0.00682. The first kappa shape index (κ1) is 23.9. The van der Waals surface area contributed by atoms with Crippen LogP contribution in [0.2, 0.25) is 0 Å². The molecule has 2 aromatic carbocycles. The molecule has 1 fully saturated rings. The van der Waals surface area contributed by atoms with Gasteiger partial charge in [0.25, 0.3) is 0 Å². The maximum atomic E-state index is 6.41. The van der Waals surface area contributed by atoms with Crippen molar-refractivity contribution >= 4 is 6.21 Å². The molecule has 1 saturated carbocycles. The second-order valence-corrected chi connectivity index (χ2v) is 8.25. The number of nitrogens with zero attached hydrogens (tertiary/aromatic N) is 1. The van der Waals surface area contributed by atoms with Crippen molar-refractivity contribution in [2.45, 2.75) is 65.3 Å². The summed E-state index contributed by atoms with van der Waals surface area (Å²) in [7, 11) is 1.54. The number of hydrogen-bond donors (Lipinski definition) is 0. The number of allylic oxidation sites excluding steroid dienone is 1. The SMILES string of the molecule is C/C=C/COc1cc(C)c(OC2CCC(OCc3ccc(C=NOC)cc3)CC2)c(C)c1. The van der Waals surface area contributed by atoms with E-state index >= 15 is 0 Å². The molecule has 172 valence electrons. The van der Waals surface area contributed by atoms with Gasteiger partial charge in [0.1, 0.15) is 25.2 Å². The van der Waals surface area contributed by atoms with E-state index < -0.39 is 0 Å². The van der Waals surface area contributed by atoms with Crippen molar-refractivity contribution in [1.29, 1.82) is 0 Å². The van der Waals surface area contributed by atoms with E-state index in [1.165, 1.54) is 5.56 Å². The normalized spacial score (nSPS) is 18.9. The molecule has 0 atom stereocenters. The molecular weight excluding hydrogens is 402 g/mol. The highest BCUT2D eigenvalue weighted by Gasteiger charge is 2.24. The summed E-state index contributed by atoms with van der Waals surface area (Å²) < 4.78 is 18.4. The third-order valence-corrected chi connectivity index (χ3v) is 5.69. The second-order valence-electron chi connectivity index (χ2n) is 8.25. The van der Waals surface area contributed by atoms with E-state index in [-0.39, 0.29) is 12.2 Å². The molecule has 0 unspecified atom stereocenters. The monoisotopic (exact) mass is 437 g/mol. The minimum atomic E-state index is 0.237. The maximum Gasteiger partial charge on any atom is 0.125 e. The van der Waals surface area contributed by atoms with E-state index in [9.17, 15) is 0 Å². The van der Waals surface area contributed by atoms with E-state index in [0.717, 1.165) is 53.9 Å². The highest BCUT2D eigenvalue weighted by atomic mass is 16.6. The van der Waals surface area contributed by atoms with Crippen LogP contribution in [-0.2, 0) is 16.2 Å². The zero-order valence-corrected chi connectivity index (χ0v) is 19.7. The van der Waals surface area contributed by atoms with Gasteiger partial charge in [0.2, 0.25) is 0 Å². The quantitative estimate of drug-likeness (QED) is 0.254. The number of aryl methyl sites for hydroxylation is 2. The van der Waals surface area contributed by atoms with Gasteiger partial charge in [-0.3, -0.25) is 0 Å². The summed E-state index contributed by atoms with van der Waals surface area (Å²) in [5, 5.41) is 3.78. The number of hydrogen-bond acceptors (Lipinski definition) is 5. The van der Waals surface area contributed by atoms with Crippen molar-refractivity contribution in [2.24, 2.45) is 5.16 Å². The molecule has 0 spiro atoms. The maximum absolute atomic E-state index is 6.41. The van der Waals surface area contributed by atoms with Crippen LogP contribution in [0.15, 0.2) is 53.7 Å². The molecule has 1 aliphatic rings. The molecule has 0 aromatic heterocycles. The summed E-state index contributed by atoms with van der Waals surface area (Å²) in [5.41, 5.74) is 4.42. The zero-order valence-electron chi connectivity index (χ0n) is 19.7. The van der Waals surface area contributed by atoms with Gasteiger partial charge in [0.05, 0.1) is 25.0 Å². The van der Waals surface area contributed by atoms with Gasteiger partial charge in [0.15, 0.2) is 0 Å². The molecule has 1 aliphatic carbocycles. The topological polar surface area (TPSA) is 49.3 Å². The highest BCUT2D eigenvalue weighted by Crippen LogP contribution is 2.32. The Morgan fingerprint density at radius 1 is 0.969 bits per heavy atom. The summed E-state index contributed by atoms with van der Waals surface area (Å²) in [6, 6.07) is 12.3. The molecular formula is C27H35NO4. The average molecular weight is 438 g/mol. The molecule has 0 saturated heterocycles. The molecule has 5 nitrogen and oxygen atoms in total. The predicted molar refractivity (Wildman–Crippen MR) is 129 cm³/mol. The molecule has 0 amide bonds. The largest absolute Gasteiger partial charge is 0.490 e. The van der Waals surface area contributed by atoms with Crippen molar-refractivity contribution in [3.63, 3.8) is 0 Å². The van der Waals surface area contributed by atoms with Gasteiger partial charge >= 0.3 is 0 Å². The summed E-state index contributed by atoms with van der Waals surface area (Å²) in [6.07, 6.45) is 10.3. The van der Waals surface area contributed by atoms with Crippen LogP contribution in [0.3, 0.4) is 0 Å². The second kappa shape index (κ2) is 12.3. The Kier molecular flexibility index (Phi) is 9.17. The van der Waals surface area contributed by atoms with Gasteiger partial charge in [0, 0.05) is 0 Å². The number of rotatable bonds is 10. The molecule has 0 aliphatic heterocycles. The highest BCUT2D eigenvalue weighted by molar-refractivity contribution is 5.79. The Bertz CT molecular complexity index is 873. The summed E-state index contributed by atoms with van der Waals surface area (Å²) >= 11 is 0. The third kappa shape index (κ3) is 7.13. The smallest absolute Gasteiger partial charge is 0.125 e. The lowest BCUT2D eigenvalue weighted by Crippen LogP contribution is -2.28. The van der Waals surface area contributed by atoms with Crippen LogP contribution in [0.4, 0.5) is 0 Å².